The Kier molecular flexibility index (Phi) is 2.52. The number of anilines is 1. The third-order valence-electron chi connectivity index (χ3n) is 3.15. The van der Waals surface area contributed by atoms with Crippen molar-refractivity contribution in [2.75, 3.05) is 19.0 Å². The van der Waals surface area contributed by atoms with Gasteiger partial charge in [0.25, 0.3) is 5.56 Å². The first-order valence-corrected chi connectivity index (χ1v) is 5.88. The van der Waals surface area contributed by atoms with Crippen molar-refractivity contribution < 1.29 is 4.74 Å². The van der Waals surface area contributed by atoms with Crippen molar-refractivity contribution in [1.29, 1.82) is 0 Å². The Morgan fingerprint density at radius 1 is 1.44 bits per heavy atom. The Morgan fingerprint density at radius 3 is 3.06 bits per heavy atom. The third-order valence-corrected chi connectivity index (χ3v) is 3.15. The quantitative estimate of drug-likeness (QED) is 0.794. The first kappa shape index (κ1) is 11.2. The highest BCUT2D eigenvalue weighted by atomic mass is 16.5. The number of fused-ring (bicyclic) bond motifs is 2. The second-order valence-electron chi connectivity index (χ2n) is 4.30. The van der Waals surface area contributed by atoms with Gasteiger partial charge in [-0.25, -0.2) is 9.97 Å². The smallest absolute Gasteiger partial charge is 0.261 e. The summed E-state index contributed by atoms with van der Waals surface area (Å²) in [5.74, 6) is 0.663. The van der Waals surface area contributed by atoms with E-state index < -0.39 is 0 Å². The highest BCUT2D eigenvalue weighted by molar-refractivity contribution is 5.49. The number of nitrogens with one attached hydrogen (secondary N) is 1. The van der Waals surface area contributed by atoms with E-state index in [0.717, 1.165) is 17.0 Å². The first-order valence-electron chi connectivity index (χ1n) is 5.88. The molecule has 0 amide bonds. The van der Waals surface area contributed by atoms with Gasteiger partial charge in [-0.3, -0.25) is 9.20 Å². The molecule has 0 aromatic carbocycles. The molecular weight excluding hydrogens is 232 g/mol. The summed E-state index contributed by atoms with van der Waals surface area (Å²) in [6.45, 7) is 2.84. The van der Waals surface area contributed by atoms with Gasteiger partial charge in [0.2, 0.25) is 0 Å². The van der Waals surface area contributed by atoms with Crippen molar-refractivity contribution in [3.8, 4) is 0 Å². The van der Waals surface area contributed by atoms with Crippen molar-refractivity contribution in [3.05, 3.63) is 33.5 Å². The lowest BCUT2D eigenvalue weighted by Crippen LogP contribution is -2.27. The van der Waals surface area contributed by atoms with Crippen molar-refractivity contribution >= 4 is 11.5 Å². The zero-order chi connectivity index (χ0) is 12.7. The Balaban J connectivity index is 2.39. The average Bonchev–Trinajstić information content (AvgIpc) is 2.40. The summed E-state index contributed by atoms with van der Waals surface area (Å²) in [6, 6.07) is 0. The van der Waals surface area contributed by atoms with Crippen molar-refractivity contribution in [2.45, 2.75) is 20.0 Å². The summed E-state index contributed by atoms with van der Waals surface area (Å²) < 4.78 is 6.91. The minimum Gasteiger partial charge on any atom is -0.375 e. The minimum atomic E-state index is -0.0136. The largest absolute Gasteiger partial charge is 0.375 e. The monoisotopic (exact) mass is 246 g/mol. The molecule has 2 aromatic heterocycles. The van der Waals surface area contributed by atoms with Gasteiger partial charge in [-0.1, -0.05) is 0 Å². The molecule has 94 valence electrons. The van der Waals surface area contributed by atoms with E-state index in [1.807, 2.05) is 6.92 Å². The Labute approximate surface area is 104 Å². The molecule has 0 unspecified atom stereocenters. The highest BCUT2D eigenvalue weighted by Gasteiger charge is 2.18. The van der Waals surface area contributed by atoms with Gasteiger partial charge in [-0.2, -0.15) is 0 Å². The Bertz CT molecular complexity index is 678. The number of hydrogen-bond donors (Lipinski definition) is 1. The molecule has 0 saturated heterocycles. The summed E-state index contributed by atoms with van der Waals surface area (Å²) >= 11 is 0. The van der Waals surface area contributed by atoms with Crippen molar-refractivity contribution in [2.24, 2.45) is 0 Å². The number of nitrogens with zero attached hydrogens (tertiary/aromatic N) is 3. The number of ether oxygens (including phenoxy) is 1. The molecule has 0 atom stereocenters. The van der Waals surface area contributed by atoms with E-state index in [1.54, 1.807) is 17.6 Å². The van der Waals surface area contributed by atoms with E-state index in [2.05, 4.69) is 15.3 Å². The maximum Gasteiger partial charge on any atom is 0.261 e. The van der Waals surface area contributed by atoms with Gasteiger partial charge < -0.3 is 10.1 Å². The van der Waals surface area contributed by atoms with Crippen molar-refractivity contribution in [1.82, 2.24) is 14.4 Å². The summed E-state index contributed by atoms with van der Waals surface area (Å²) in [6.07, 6.45) is 2.31. The fourth-order valence-corrected chi connectivity index (χ4v) is 2.21. The van der Waals surface area contributed by atoms with Crippen LogP contribution in [0.4, 0.5) is 5.82 Å². The van der Waals surface area contributed by atoms with E-state index in [0.29, 0.717) is 31.1 Å². The number of aromatic nitrogens is 3. The van der Waals surface area contributed by atoms with Gasteiger partial charge in [-0.05, 0) is 6.92 Å². The van der Waals surface area contributed by atoms with E-state index in [9.17, 15) is 4.79 Å². The van der Waals surface area contributed by atoms with Crippen LogP contribution in [0.3, 0.4) is 0 Å². The number of hydrogen-bond acceptors (Lipinski definition) is 5. The molecule has 0 bridgehead atoms. The molecule has 3 rings (SSSR count). The molecule has 18 heavy (non-hydrogen) atoms. The molecule has 3 heterocycles. The van der Waals surface area contributed by atoms with E-state index in [-0.39, 0.29) is 5.56 Å². The summed E-state index contributed by atoms with van der Waals surface area (Å²) in [4.78, 5) is 21.2. The van der Waals surface area contributed by atoms with Gasteiger partial charge >= 0.3 is 0 Å². The fourth-order valence-electron chi connectivity index (χ4n) is 2.21. The summed E-state index contributed by atoms with van der Waals surface area (Å²) in [7, 11) is 1.78. The molecule has 2 aromatic rings. The molecule has 0 spiro atoms. The molecule has 0 radical (unpaired) electrons. The van der Waals surface area contributed by atoms with Gasteiger partial charge in [0.05, 0.1) is 30.8 Å². The van der Waals surface area contributed by atoms with Crippen LogP contribution in [0.15, 0.2) is 11.0 Å². The molecule has 1 aliphatic rings. The molecule has 0 saturated carbocycles. The molecule has 1 aliphatic heterocycles. The van der Waals surface area contributed by atoms with Crippen LogP contribution in [0.2, 0.25) is 0 Å². The lowest BCUT2D eigenvalue weighted by atomic mass is 10.1. The van der Waals surface area contributed by atoms with Crippen LogP contribution in [0.25, 0.3) is 5.65 Å². The first-order chi connectivity index (χ1) is 8.70. The van der Waals surface area contributed by atoms with Crippen LogP contribution in [0, 0.1) is 6.92 Å². The van der Waals surface area contributed by atoms with Crippen LogP contribution >= 0.6 is 0 Å². The van der Waals surface area contributed by atoms with E-state index in [1.165, 1.54) is 0 Å². The zero-order valence-electron chi connectivity index (χ0n) is 10.4. The summed E-state index contributed by atoms with van der Waals surface area (Å²) in [5, 5.41) is 2.94. The number of rotatable bonds is 1. The van der Waals surface area contributed by atoms with Crippen molar-refractivity contribution in [3.63, 3.8) is 0 Å². The lowest BCUT2D eigenvalue weighted by Gasteiger charge is -2.16. The third kappa shape index (κ3) is 1.57. The molecule has 6 heteroatoms. The average molecular weight is 246 g/mol. The normalized spacial score (nSPS) is 14.6. The number of aryl methyl sites for hydroxylation is 1. The summed E-state index contributed by atoms with van der Waals surface area (Å²) in [5.41, 5.74) is 2.82. The second kappa shape index (κ2) is 4.06. The SMILES string of the molecule is CNc1cn2c(=O)c3c(nc2c(C)n1)COCC3. The van der Waals surface area contributed by atoms with Gasteiger partial charge in [-0.15, -0.1) is 0 Å². The maximum atomic E-state index is 12.4. The predicted molar refractivity (Wildman–Crippen MR) is 66.9 cm³/mol. The fraction of sp³-hybridized carbons (Fsp3) is 0.417. The molecular formula is C12H14N4O2. The molecule has 0 aliphatic carbocycles. The Morgan fingerprint density at radius 2 is 2.28 bits per heavy atom. The maximum absolute atomic E-state index is 12.4. The molecule has 1 N–H and O–H groups in total. The van der Waals surface area contributed by atoms with Gasteiger partial charge in [0.15, 0.2) is 5.65 Å². The highest BCUT2D eigenvalue weighted by Crippen LogP contribution is 2.14. The van der Waals surface area contributed by atoms with E-state index >= 15 is 0 Å². The lowest BCUT2D eigenvalue weighted by molar-refractivity contribution is 0.107. The van der Waals surface area contributed by atoms with Crippen LogP contribution in [0.1, 0.15) is 17.0 Å². The molecule has 0 fully saturated rings. The van der Waals surface area contributed by atoms with E-state index in [4.69, 9.17) is 4.74 Å². The minimum absolute atomic E-state index is 0.0136. The van der Waals surface area contributed by atoms with Crippen LogP contribution in [-0.2, 0) is 17.8 Å². The van der Waals surface area contributed by atoms with Gasteiger partial charge in [0.1, 0.15) is 5.82 Å². The molecule has 6 nitrogen and oxygen atoms in total. The van der Waals surface area contributed by atoms with Crippen LogP contribution in [-0.4, -0.2) is 28.0 Å². The van der Waals surface area contributed by atoms with Crippen LogP contribution < -0.4 is 10.9 Å². The van der Waals surface area contributed by atoms with Gasteiger partial charge in [0, 0.05) is 19.0 Å². The topological polar surface area (TPSA) is 68.5 Å². The zero-order valence-corrected chi connectivity index (χ0v) is 10.4. The predicted octanol–water partition coefficient (Wildman–Crippen LogP) is 0.512. The second-order valence-corrected chi connectivity index (χ2v) is 4.30. The Hall–Kier alpha value is -1.95. The standard InChI is InChI=1S/C12H14N4O2/c1-7-11-15-9-6-18-4-3-8(9)12(17)16(11)5-10(13-2)14-7/h5,13H,3-4,6H2,1-2H3. The van der Waals surface area contributed by atoms with Crippen LogP contribution in [0.5, 0.6) is 0 Å².